The Balaban J connectivity index is 1.56. The smallest absolute Gasteiger partial charge is 0.273 e. The van der Waals surface area contributed by atoms with Crippen LogP contribution in [0.1, 0.15) is 37.0 Å². The first-order valence-electron chi connectivity index (χ1n) is 11.0. The molecule has 4 rings (SSSR count). The van der Waals surface area contributed by atoms with Gasteiger partial charge in [-0.1, -0.05) is 37.3 Å². The van der Waals surface area contributed by atoms with E-state index in [4.69, 9.17) is 0 Å². The fraction of sp³-hybridized carbons (Fsp3) is 0.269. The maximum Gasteiger partial charge on any atom is 0.273 e. The van der Waals surface area contributed by atoms with Crippen molar-refractivity contribution in [2.45, 2.75) is 39.5 Å². The van der Waals surface area contributed by atoms with E-state index >= 15 is 0 Å². The third kappa shape index (κ3) is 4.48. The number of aryl methyl sites for hydroxylation is 1. The molecule has 6 nitrogen and oxygen atoms in total. The highest BCUT2D eigenvalue weighted by Crippen LogP contribution is 2.33. The van der Waals surface area contributed by atoms with Crippen molar-refractivity contribution in [3.05, 3.63) is 77.7 Å². The van der Waals surface area contributed by atoms with Gasteiger partial charge in [0.05, 0.1) is 17.1 Å². The van der Waals surface area contributed by atoms with E-state index in [2.05, 4.69) is 15.1 Å². The van der Waals surface area contributed by atoms with Crippen LogP contribution in [-0.4, -0.2) is 27.4 Å². The predicted octanol–water partition coefficient (Wildman–Crippen LogP) is 5.10. The number of benzene rings is 2. The quantitative estimate of drug-likeness (QED) is 0.458. The lowest BCUT2D eigenvalue weighted by Crippen LogP contribution is -2.33. The van der Waals surface area contributed by atoms with Crippen LogP contribution >= 0.6 is 0 Å². The molecule has 3 aromatic rings. The number of nitrogens with zero attached hydrogens (tertiary/aromatic N) is 4. The molecule has 1 aliphatic rings. The highest BCUT2D eigenvalue weighted by molar-refractivity contribution is 6.27. The molecule has 174 valence electrons. The lowest BCUT2D eigenvalue weighted by atomic mass is 9.92. The van der Waals surface area contributed by atoms with Gasteiger partial charge in [0.25, 0.3) is 11.8 Å². The first-order chi connectivity index (χ1) is 16.2. The Kier molecular flexibility index (Phi) is 6.32. The van der Waals surface area contributed by atoms with Gasteiger partial charge in [0.2, 0.25) is 0 Å². The molecule has 1 aliphatic heterocycles. The number of amides is 1. The van der Waals surface area contributed by atoms with E-state index in [-0.39, 0.29) is 24.2 Å². The van der Waals surface area contributed by atoms with Gasteiger partial charge in [0, 0.05) is 30.2 Å². The number of carbonyl (C=O) groups excluding carboxylic acids is 2. The number of carbonyl (C=O) groups is 2. The Labute approximate surface area is 196 Å². The van der Waals surface area contributed by atoms with Gasteiger partial charge in [-0.2, -0.15) is 10.1 Å². The summed E-state index contributed by atoms with van der Waals surface area (Å²) in [6.07, 6.45) is 2.70. The summed E-state index contributed by atoms with van der Waals surface area (Å²) in [6.45, 7) is 4.93. The summed E-state index contributed by atoms with van der Waals surface area (Å²) < 4.78 is 28.1. The molecular weight excluding hydrogens is 438 g/mol. The zero-order valence-electron chi connectivity index (χ0n) is 19.1. The van der Waals surface area contributed by atoms with E-state index in [1.54, 1.807) is 37.4 Å². The molecule has 0 fully saturated rings. The number of rotatable bonds is 7. The van der Waals surface area contributed by atoms with E-state index in [9.17, 15) is 18.4 Å². The number of halogens is 2. The second kappa shape index (κ2) is 9.21. The average molecular weight is 463 g/mol. The number of hydrazone groups is 1. The first kappa shape index (κ1) is 23.4. The molecule has 0 bridgehead atoms. The summed E-state index contributed by atoms with van der Waals surface area (Å²) in [5.41, 5.74) is 3.60. The standard InChI is InChI=1S/C26H24F2N4O2/c1-4-26(27,28)20-9-5-7-18(11-20)12-22(33)23-17(3)31-32(25(23)34)21-10-6-8-19(13-21)24-16(2)14-29-15-30-24/h5-11,13-15,23H,4,12H2,1-3H3. The summed E-state index contributed by atoms with van der Waals surface area (Å²) in [5, 5.41) is 5.56. The average Bonchev–Trinajstić information content (AvgIpc) is 3.13. The first-order valence-corrected chi connectivity index (χ1v) is 11.0. The van der Waals surface area contributed by atoms with Crippen molar-refractivity contribution in [3.63, 3.8) is 0 Å². The maximum absolute atomic E-state index is 14.1. The van der Waals surface area contributed by atoms with E-state index < -0.39 is 17.7 Å². The topological polar surface area (TPSA) is 75.5 Å². The molecule has 8 heteroatoms. The van der Waals surface area contributed by atoms with Crippen LogP contribution in [0.15, 0.2) is 66.2 Å². The molecule has 1 aromatic heterocycles. The highest BCUT2D eigenvalue weighted by Gasteiger charge is 2.39. The van der Waals surface area contributed by atoms with E-state index in [0.29, 0.717) is 17.0 Å². The third-order valence-corrected chi connectivity index (χ3v) is 5.88. The fourth-order valence-electron chi connectivity index (χ4n) is 4.02. The predicted molar refractivity (Wildman–Crippen MR) is 126 cm³/mol. The number of Topliss-reactive ketones (excluding diaryl/α,β-unsaturated/α-hetero) is 1. The number of ketones is 1. The largest absolute Gasteiger partial charge is 0.298 e. The number of aromatic nitrogens is 2. The van der Waals surface area contributed by atoms with Crippen LogP contribution in [0.5, 0.6) is 0 Å². The monoisotopic (exact) mass is 462 g/mol. The van der Waals surface area contributed by atoms with Gasteiger partial charge in [0.15, 0.2) is 5.78 Å². The Morgan fingerprint density at radius 2 is 1.88 bits per heavy atom. The molecule has 1 atom stereocenters. The van der Waals surface area contributed by atoms with Crippen molar-refractivity contribution >= 4 is 23.1 Å². The van der Waals surface area contributed by atoms with Gasteiger partial charge < -0.3 is 0 Å². The van der Waals surface area contributed by atoms with Gasteiger partial charge in [0.1, 0.15) is 12.2 Å². The van der Waals surface area contributed by atoms with E-state index in [0.717, 1.165) is 16.8 Å². The van der Waals surface area contributed by atoms with Crippen molar-refractivity contribution < 1.29 is 18.4 Å². The Morgan fingerprint density at radius 1 is 1.12 bits per heavy atom. The minimum Gasteiger partial charge on any atom is -0.298 e. The third-order valence-electron chi connectivity index (χ3n) is 5.88. The molecule has 1 unspecified atom stereocenters. The van der Waals surface area contributed by atoms with Crippen LogP contribution in [0.2, 0.25) is 0 Å². The molecule has 0 N–H and O–H groups in total. The molecule has 0 saturated heterocycles. The SMILES string of the molecule is CCC(F)(F)c1cccc(CC(=O)C2C(=O)N(c3cccc(-c4ncncc4C)c3)N=C2C)c1. The molecule has 0 aliphatic carbocycles. The summed E-state index contributed by atoms with van der Waals surface area (Å²) in [7, 11) is 0. The van der Waals surface area contributed by atoms with Crippen molar-refractivity contribution in [1.82, 2.24) is 9.97 Å². The van der Waals surface area contributed by atoms with Gasteiger partial charge in [-0.15, -0.1) is 0 Å². The van der Waals surface area contributed by atoms with Crippen molar-refractivity contribution in [1.29, 1.82) is 0 Å². The number of anilines is 1. The van der Waals surface area contributed by atoms with Crippen molar-refractivity contribution in [2.75, 3.05) is 5.01 Å². The van der Waals surface area contributed by atoms with Crippen LogP contribution in [0, 0.1) is 12.8 Å². The molecule has 2 heterocycles. The van der Waals surface area contributed by atoms with E-state index in [1.807, 2.05) is 13.0 Å². The normalized spacial score (nSPS) is 16.0. The summed E-state index contributed by atoms with van der Waals surface area (Å²) in [4.78, 5) is 34.5. The lowest BCUT2D eigenvalue weighted by molar-refractivity contribution is -0.128. The molecule has 2 aromatic carbocycles. The lowest BCUT2D eigenvalue weighted by Gasteiger charge is -2.16. The summed E-state index contributed by atoms with van der Waals surface area (Å²) in [5.74, 6) is -4.87. The zero-order valence-corrected chi connectivity index (χ0v) is 19.1. The Morgan fingerprint density at radius 3 is 2.62 bits per heavy atom. The maximum atomic E-state index is 14.1. The number of hydrogen-bond acceptors (Lipinski definition) is 5. The highest BCUT2D eigenvalue weighted by atomic mass is 19.3. The minimum absolute atomic E-state index is 0.134. The van der Waals surface area contributed by atoms with E-state index in [1.165, 1.54) is 36.5 Å². The van der Waals surface area contributed by atoms with Crippen LogP contribution < -0.4 is 5.01 Å². The minimum atomic E-state index is -2.97. The van der Waals surface area contributed by atoms with Crippen LogP contribution in [0.25, 0.3) is 11.3 Å². The molecule has 34 heavy (non-hydrogen) atoms. The second-order valence-electron chi connectivity index (χ2n) is 8.33. The van der Waals surface area contributed by atoms with Gasteiger partial charge in [-0.3, -0.25) is 9.59 Å². The molecular formula is C26H24F2N4O2. The zero-order chi connectivity index (χ0) is 24.5. The second-order valence-corrected chi connectivity index (χ2v) is 8.33. The van der Waals surface area contributed by atoms with Crippen LogP contribution in [-0.2, 0) is 21.9 Å². The van der Waals surface area contributed by atoms with Crippen molar-refractivity contribution in [2.24, 2.45) is 11.0 Å². The summed E-state index contributed by atoms with van der Waals surface area (Å²) in [6, 6.07) is 13.0. The fourth-order valence-corrected chi connectivity index (χ4v) is 4.02. The molecule has 1 amide bonds. The Hall–Kier alpha value is -3.81. The van der Waals surface area contributed by atoms with Gasteiger partial charge in [-0.05, 0) is 43.2 Å². The van der Waals surface area contributed by atoms with Crippen LogP contribution in [0.4, 0.5) is 14.5 Å². The summed E-state index contributed by atoms with van der Waals surface area (Å²) >= 11 is 0. The van der Waals surface area contributed by atoms with Gasteiger partial charge in [-0.25, -0.2) is 18.7 Å². The van der Waals surface area contributed by atoms with Gasteiger partial charge >= 0.3 is 0 Å². The Bertz CT molecular complexity index is 1290. The number of alkyl halides is 2. The molecule has 0 spiro atoms. The molecule has 0 radical (unpaired) electrons. The molecule has 0 saturated carbocycles. The number of hydrogen-bond donors (Lipinski definition) is 0. The van der Waals surface area contributed by atoms with Crippen molar-refractivity contribution in [3.8, 4) is 11.3 Å². The van der Waals surface area contributed by atoms with Crippen LogP contribution in [0.3, 0.4) is 0 Å².